The Morgan fingerprint density at radius 3 is 2.02 bits per heavy atom. The van der Waals surface area contributed by atoms with E-state index in [-0.39, 0.29) is 10.9 Å². The van der Waals surface area contributed by atoms with Crippen molar-refractivity contribution in [3.8, 4) is 29.4 Å². The van der Waals surface area contributed by atoms with Crippen LogP contribution in [0.25, 0.3) is 10.8 Å². The van der Waals surface area contributed by atoms with Crippen molar-refractivity contribution in [1.82, 2.24) is 0 Å². The quantitative estimate of drug-likeness (QED) is 0.0879. The number of hydrogen-bond donors (Lipinski definition) is 0. The summed E-state index contributed by atoms with van der Waals surface area (Å²) in [6.45, 7) is 2.09. The van der Waals surface area contributed by atoms with Crippen molar-refractivity contribution in [3.05, 3.63) is 106 Å². The zero-order valence-corrected chi connectivity index (χ0v) is 22.9. The van der Waals surface area contributed by atoms with Crippen molar-refractivity contribution in [2.45, 2.75) is 36.9 Å². The highest BCUT2D eigenvalue weighted by Gasteiger charge is 2.41. The molecule has 0 spiro atoms. The van der Waals surface area contributed by atoms with Crippen LogP contribution in [0, 0.1) is 47.0 Å². The second kappa shape index (κ2) is 13.0. The van der Waals surface area contributed by atoms with E-state index < -0.39 is 57.8 Å². The molecule has 4 aromatic rings. The molecule has 222 valence electrons. The van der Waals surface area contributed by atoms with Crippen LogP contribution in [0.1, 0.15) is 42.0 Å². The Morgan fingerprint density at radius 2 is 1.40 bits per heavy atom. The molecule has 0 amide bonds. The molecule has 4 rings (SSSR count). The summed E-state index contributed by atoms with van der Waals surface area (Å²) in [5.74, 6) is 1.35. The van der Waals surface area contributed by atoms with Gasteiger partial charge in [-0.05, 0) is 78.2 Å². The minimum Gasteiger partial charge on any atom is -0.429 e. The number of thioether (sulfide) groups is 1. The minimum absolute atomic E-state index is 0.211. The van der Waals surface area contributed by atoms with Crippen LogP contribution >= 0.6 is 11.8 Å². The Kier molecular flexibility index (Phi) is 9.56. The van der Waals surface area contributed by atoms with E-state index in [4.69, 9.17) is 0 Å². The van der Waals surface area contributed by atoms with Gasteiger partial charge in [-0.2, -0.15) is 22.0 Å². The predicted molar refractivity (Wildman–Crippen MR) is 146 cm³/mol. The largest absolute Gasteiger partial charge is 0.458 e. The van der Waals surface area contributed by atoms with Gasteiger partial charge in [-0.3, -0.25) is 0 Å². The predicted octanol–water partition coefficient (Wildman–Crippen LogP) is 9.73. The first kappa shape index (κ1) is 31.7. The van der Waals surface area contributed by atoms with E-state index >= 15 is 0 Å². The molecule has 43 heavy (non-hydrogen) atoms. The zero-order valence-electron chi connectivity index (χ0n) is 22.1. The van der Waals surface area contributed by atoms with Gasteiger partial charge >= 0.3 is 12.3 Å². The number of unbranched alkanes of at least 4 members (excludes halogenated alkanes) is 1. The molecule has 0 atom stereocenters. The summed E-state index contributed by atoms with van der Waals surface area (Å²) in [6.07, 6.45) is -7.44. The summed E-state index contributed by atoms with van der Waals surface area (Å²) in [6, 6.07) is 11.3. The monoisotopic (exact) mass is 622 g/mol. The molecule has 0 N–H and O–H groups in total. The van der Waals surface area contributed by atoms with E-state index in [2.05, 4.69) is 23.5 Å². The molecule has 0 radical (unpaired) electrons. The fourth-order valence-corrected chi connectivity index (χ4v) is 4.85. The van der Waals surface area contributed by atoms with Gasteiger partial charge in [0.1, 0.15) is 34.6 Å². The summed E-state index contributed by atoms with van der Waals surface area (Å²) in [5, 5.41) is -0.825. The van der Waals surface area contributed by atoms with E-state index in [9.17, 15) is 39.5 Å². The maximum absolute atomic E-state index is 14.9. The highest BCUT2D eigenvalue weighted by atomic mass is 32.2. The molecule has 0 aliphatic carbocycles. The molecule has 0 aliphatic heterocycles. The van der Waals surface area contributed by atoms with Crippen LogP contribution in [0.2, 0.25) is 0 Å². The summed E-state index contributed by atoms with van der Waals surface area (Å²) in [5.41, 5.74) is -2.56. The van der Waals surface area contributed by atoms with Crippen molar-refractivity contribution in [1.29, 1.82) is 0 Å². The van der Waals surface area contributed by atoms with Gasteiger partial charge in [0.05, 0.1) is 5.56 Å². The number of fused-ring (bicyclic) bond motifs is 1. The number of benzene rings is 4. The van der Waals surface area contributed by atoms with Gasteiger partial charge in [-0.1, -0.05) is 31.1 Å². The van der Waals surface area contributed by atoms with Crippen LogP contribution < -0.4 is 4.74 Å². The van der Waals surface area contributed by atoms with Crippen LogP contribution in [0.15, 0.2) is 65.6 Å². The second-order valence-corrected chi connectivity index (χ2v) is 10.3. The van der Waals surface area contributed by atoms with Gasteiger partial charge in [0.25, 0.3) is 0 Å². The topological polar surface area (TPSA) is 9.23 Å². The van der Waals surface area contributed by atoms with Crippen molar-refractivity contribution in [2.75, 3.05) is 5.75 Å². The van der Waals surface area contributed by atoms with Crippen molar-refractivity contribution < 1.29 is 44.3 Å². The Bertz CT molecular complexity index is 1750. The third-order valence-electron chi connectivity index (χ3n) is 5.88. The molecule has 0 aliphatic rings. The number of alkyl halides is 5. The summed E-state index contributed by atoms with van der Waals surface area (Å²) < 4.78 is 130. The van der Waals surface area contributed by atoms with Crippen LogP contribution in [0.4, 0.5) is 39.5 Å². The number of halogens is 9. The zero-order chi connectivity index (χ0) is 31.4. The van der Waals surface area contributed by atoms with E-state index in [1.807, 2.05) is 12.1 Å². The Morgan fingerprint density at radius 1 is 0.744 bits per heavy atom. The number of hydrogen-bond acceptors (Lipinski definition) is 2. The van der Waals surface area contributed by atoms with Gasteiger partial charge in [0.15, 0.2) is 0 Å². The fraction of sp³-hybridized carbons (Fsp3) is 0.188. The first-order valence-electron chi connectivity index (χ1n) is 12.6. The first-order chi connectivity index (χ1) is 20.3. The molecular formula is C32H19F9OS. The van der Waals surface area contributed by atoms with E-state index in [1.54, 1.807) is 23.9 Å². The van der Waals surface area contributed by atoms with Crippen molar-refractivity contribution >= 4 is 22.5 Å². The Labute approximate surface area is 245 Å². The lowest BCUT2D eigenvalue weighted by Gasteiger charge is -2.20. The first-order valence-corrected chi connectivity index (χ1v) is 13.6. The molecule has 0 bridgehead atoms. The molecular weight excluding hydrogens is 603 g/mol. The fourth-order valence-electron chi connectivity index (χ4n) is 3.86. The smallest absolute Gasteiger partial charge is 0.429 e. The lowest BCUT2D eigenvalue weighted by Crippen LogP contribution is -2.25. The number of rotatable bonds is 7. The van der Waals surface area contributed by atoms with Gasteiger partial charge in [0.2, 0.25) is 0 Å². The van der Waals surface area contributed by atoms with Gasteiger partial charge in [-0.15, -0.1) is 11.8 Å². The van der Waals surface area contributed by atoms with E-state index in [0.717, 1.165) is 47.6 Å². The maximum atomic E-state index is 14.9. The Balaban J connectivity index is 1.56. The Hall–Kier alpha value is -4.22. The average molecular weight is 623 g/mol. The van der Waals surface area contributed by atoms with Crippen LogP contribution in [0.3, 0.4) is 0 Å². The summed E-state index contributed by atoms with van der Waals surface area (Å²) >= 11 is 1.68. The molecule has 0 unspecified atom stereocenters. The molecule has 0 aromatic heterocycles. The summed E-state index contributed by atoms with van der Waals surface area (Å²) in [7, 11) is 0. The van der Waals surface area contributed by atoms with Crippen LogP contribution in [0.5, 0.6) is 5.75 Å². The van der Waals surface area contributed by atoms with Gasteiger partial charge in [-0.25, -0.2) is 17.6 Å². The van der Waals surface area contributed by atoms with Gasteiger partial charge < -0.3 is 4.74 Å². The van der Waals surface area contributed by atoms with E-state index in [0.29, 0.717) is 23.8 Å². The molecule has 11 heteroatoms. The molecule has 1 nitrogen and oxygen atoms in total. The molecule has 0 saturated carbocycles. The third kappa shape index (κ3) is 7.99. The molecule has 0 fully saturated rings. The third-order valence-corrected chi connectivity index (χ3v) is 6.98. The standard InChI is InChI=1S/C32H19F9OS/c1-2-3-14-43-23-9-6-19(7-10-23)4-5-20-15-27(34)29(28(35)16-20)32(40,41)42-22-8-11-24-21(17-22)18-26(33)25(30(24)36)12-13-31(37,38)39/h6-11,15-18H,2-3,14H2,1H3. The maximum Gasteiger partial charge on any atom is 0.458 e. The lowest BCUT2D eigenvalue weighted by molar-refractivity contribution is -0.189. The minimum atomic E-state index is -5.01. The van der Waals surface area contributed by atoms with Crippen molar-refractivity contribution in [3.63, 3.8) is 0 Å². The van der Waals surface area contributed by atoms with Crippen LogP contribution in [-0.2, 0) is 6.11 Å². The molecule has 0 saturated heterocycles. The summed E-state index contributed by atoms with van der Waals surface area (Å²) in [4.78, 5) is 1.03. The van der Waals surface area contributed by atoms with Crippen LogP contribution in [-0.4, -0.2) is 11.9 Å². The molecule has 4 aromatic carbocycles. The SMILES string of the molecule is CCCCSc1ccc(C#Cc2cc(F)c(C(F)(F)Oc3ccc4c(F)c(C#CC(F)(F)F)c(F)cc4c3)c(F)c2)cc1. The van der Waals surface area contributed by atoms with E-state index in [1.165, 1.54) is 5.92 Å². The normalized spacial score (nSPS) is 11.5. The molecule has 0 heterocycles. The average Bonchev–Trinajstić information content (AvgIpc) is 2.91. The van der Waals surface area contributed by atoms with Crippen molar-refractivity contribution in [2.24, 2.45) is 0 Å². The number of ether oxygens (including phenoxy) is 1. The highest BCUT2D eigenvalue weighted by Crippen LogP contribution is 2.37. The second-order valence-electron chi connectivity index (χ2n) is 9.09. The van der Waals surface area contributed by atoms with Gasteiger partial charge in [0, 0.05) is 27.3 Å². The highest BCUT2D eigenvalue weighted by molar-refractivity contribution is 7.99. The lowest BCUT2D eigenvalue weighted by atomic mass is 10.0.